The second-order valence-corrected chi connectivity index (χ2v) is 11.2. The molecule has 0 aliphatic carbocycles. The molecule has 37 heavy (non-hydrogen) atoms. The number of piperidine rings is 1. The highest BCUT2D eigenvalue weighted by Gasteiger charge is 2.56. The number of carbonyl (C=O) groups is 1. The molecule has 1 aromatic heterocycles. The molecule has 0 unspecified atom stereocenters. The number of carboxylic acids is 1. The molecule has 3 rings (SSSR count). The number of aromatic nitrogens is 1. The number of benzene rings is 1. The van der Waals surface area contributed by atoms with Gasteiger partial charge < -0.3 is 14.7 Å². The zero-order chi connectivity index (χ0) is 27.5. The summed E-state index contributed by atoms with van der Waals surface area (Å²) in [6.07, 6.45) is -6.53. The maximum atomic E-state index is 13.4. The third-order valence-electron chi connectivity index (χ3n) is 6.61. The second-order valence-electron chi connectivity index (χ2n) is 8.92. The SMILES string of the molecule is COCCN1CCC(C(=O)O)(S(=O)(=O)c2ccc(-c3ccc(CCC(F)(F)C(F)(F)F)cn3)cc2)CC1. The van der Waals surface area contributed by atoms with Crippen molar-refractivity contribution >= 4 is 15.8 Å². The van der Waals surface area contributed by atoms with E-state index in [4.69, 9.17) is 4.74 Å². The standard InChI is InChI=1S/C24H27F5N2O5S/c1-36-15-14-31-12-10-22(11-13-31,21(32)33)37(34,35)19-5-3-18(4-6-19)20-7-2-17(16-30-20)8-9-23(25,26)24(27,28)29/h2-7,16H,8-15H2,1H3,(H,32,33). The summed E-state index contributed by atoms with van der Waals surface area (Å²) in [5, 5.41) is 9.90. The first-order chi connectivity index (χ1) is 17.2. The zero-order valence-corrected chi connectivity index (χ0v) is 20.8. The molecular weight excluding hydrogens is 523 g/mol. The monoisotopic (exact) mass is 550 g/mol. The molecule has 1 aliphatic heterocycles. The Morgan fingerprint density at radius 2 is 1.70 bits per heavy atom. The van der Waals surface area contributed by atoms with Crippen LogP contribution in [-0.2, 0) is 25.8 Å². The molecular formula is C24H27F5N2O5S. The first-order valence-corrected chi connectivity index (χ1v) is 12.9. The van der Waals surface area contributed by atoms with Crippen molar-refractivity contribution in [3.63, 3.8) is 0 Å². The van der Waals surface area contributed by atoms with E-state index in [1.165, 1.54) is 42.6 Å². The van der Waals surface area contributed by atoms with E-state index in [1.54, 1.807) is 7.11 Å². The van der Waals surface area contributed by atoms with Crippen LogP contribution >= 0.6 is 0 Å². The van der Waals surface area contributed by atoms with Crippen molar-refractivity contribution in [3.8, 4) is 11.3 Å². The minimum absolute atomic E-state index is 0.0769. The summed E-state index contributed by atoms with van der Waals surface area (Å²) in [7, 11) is -2.70. The molecule has 1 aromatic carbocycles. The number of pyridine rings is 1. The van der Waals surface area contributed by atoms with Gasteiger partial charge in [-0.3, -0.25) is 9.78 Å². The number of sulfone groups is 1. The average molecular weight is 551 g/mol. The van der Waals surface area contributed by atoms with Gasteiger partial charge in [0.15, 0.2) is 14.6 Å². The minimum atomic E-state index is -5.62. The van der Waals surface area contributed by atoms with Gasteiger partial charge >= 0.3 is 18.1 Å². The van der Waals surface area contributed by atoms with Crippen LogP contribution in [0.25, 0.3) is 11.3 Å². The Bertz CT molecular complexity index is 1180. The van der Waals surface area contributed by atoms with Crippen LogP contribution in [0.5, 0.6) is 0 Å². The number of aryl methyl sites for hydroxylation is 1. The lowest BCUT2D eigenvalue weighted by molar-refractivity contribution is -0.284. The third kappa shape index (κ3) is 6.10. The van der Waals surface area contributed by atoms with Crippen molar-refractivity contribution in [2.24, 2.45) is 0 Å². The molecule has 0 radical (unpaired) electrons. The predicted octanol–water partition coefficient (Wildman–Crippen LogP) is 4.22. The number of halogens is 5. The second kappa shape index (κ2) is 11.0. The van der Waals surface area contributed by atoms with Crippen LogP contribution in [0.2, 0.25) is 0 Å². The molecule has 0 spiro atoms. The molecule has 1 aliphatic rings. The van der Waals surface area contributed by atoms with Gasteiger partial charge in [-0.05, 0) is 43.0 Å². The Balaban J connectivity index is 1.74. The number of alkyl halides is 5. The number of nitrogens with zero attached hydrogens (tertiary/aromatic N) is 2. The minimum Gasteiger partial charge on any atom is -0.480 e. The summed E-state index contributed by atoms with van der Waals surface area (Å²) in [5.74, 6) is -6.21. The largest absolute Gasteiger partial charge is 0.480 e. The third-order valence-corrected chi connectivity index (χ3v) is 9.11. The van der Waals surface area contributed by atoms with Gasteiger partial charge in [-0.2, -0.15) is 22.0 Å². The average Bonchev–Trinajstić information content (AvgIpc) is 2.86. The van der Waals surface area contributed by atoms with Crippen LogP contribution < -0.4 is 0 Å². The molecule has 0 saturated carbocycles. The summed E-state index contributed by atoms with van der Waals surface area (Å²) >= 11 is 0. The molecule has 0 bridgehead atoms. The molecule has 1 fully saturated rings. The van der Waals surface area contributed by atoms with Crippen molar-refractivity contribution < 1.29 is 45.0 Å². The Labute approximate surface area is 211 Å². The van der Waals surface area contributed by atoms with E-state index in [0.29, 0.717) is 24.4 Å². The number of likely N-dealkylation sites (tertiary alicyclic amines) is 1. The number of hydrogen-bond acceptors (Lipinski definition) is 6. The van der Waals surface area contributed by atoms with Gasteiger partial charge in [0, 0.05) is 44.9 Å². The quantitative estimate of drug-likeness (QED) is 0.443. The van der Waals surface area contributed by atoms with Crippen LogP contribution in [0.3, 0.4) is 0 Å². The van der Waals surface area contributed by atoms with Crippen LogP contribution in [0.1, 0.15) is 24.8 Å². The maximum Gasteiger partial charge on any atom is 0.453 e. The lowest BCUT2D eigenvalue weighted by atomic mass is 9.96. The Morgan fingerprint density at radius 1 is 1.08 bits per heavy atom. The molecule has 7 nitrogen and oxygen atoms in total. The first kappa shape index (κ1) is 28.9. The van der Waals surface area contributed by atoms with Gasteiger partial charge in [-0.25, -0.2) is 8.42 Å². The van der Waals surface area contributed by atoms with Gasteiger partial charge in [-0.1, -0.05) is 18.2 Å². The van der Waals surface area contributed by atoms with Gasteiger partial charge in [0.2, 0.25) is 0 Å². The molecule has 204 valence electrons. The van der Waals surface area contributed by atoms with Crippen molar-refractivity contribution in [3.05, 3.63) is 48.2 Å². The fourth-order valence-corrected chi connectivity index (χ4v) is 6.07. The topological polar surface area (TPSA) is 96.8 Å². The highest BCUT2D eigenvalue weighted by Crippen LogP contribution is 2.39. The molecule has 2 heterocycles. The highest BCUT2D eigenvalue weighted by molar-refractivity contribution is 7.93. The van der Waals surface area contributed by atoms with E-state index >= 15 is 0 Å². The summed E-state index contributed by atoms with van der Waals surface area (Å²) in [6, 6.07) is 8.25. The maximum absolute atomic E-state index is 13.4. The van der Waals surface area contributed by atoms with E-state index in [1.807, 2.05) is 4.90 Å². The summed E-state index contributed by atoms with van der Waals surface area (Å²) in [6.45, 7) is 1.59. The lowest BCUT2D eigenvalue weighted by Crippen LogP contribution is -2.54. The van der Waals surface area contributed by atoms with Crippen molar-refractivity contribution in [2.45, 2.75) is 47.4 Å². The van der Waals surface area contributed by atoms with E-state index in [2.05, 4.69) is 4.98 Å². The van der Waals surface area contributed by atoms with Gasteiger partial charge in [-0.15, -0.1) is 0 Å². The number of aliphatic carboxylic acids is 1. The summed E-state index contributed by atoms with van der Waals surface area (Å²) < 4.78 is 93.2. The van der Waals surface area contributed by atoms with Crippen molar-refractivity contribution in [1.82, 2.24) is 9.88 Å². The number of methoxy groups -OCH3 is 1. The van der Waals surface area contributed by atoms with Crippen LogP contribution in [0.4, 0.5) is 22.0 Å². The highest BCUT2D eigenvalue weighted by atomic mass is 32.2. The molecule has 1 N–H and O–H groups in total. The van der Waals surface area contributed by atoms with Crippen LogP contribution in [0, 0.1) is 0 Å². The fourth-order valence-electron chi connectivity index (χ4n) is 4.17. The Kier molecular flexibility index (Phi) is 8.60. The number of rotatable bonds is 10. The van der Waals surface area contributed by atoms with E-state index < -0.39 is 45.5 Å². The lowest BCUT2D eigenvalue weighted by Gasteiger charge is -2.38. The normalized spacial score (nSPS) is 17.0. The van der Waals surface area contributed by atoms with E-state index in [-0.39, 0.29) is 36.4 Å². The van der Waals surface area contributed by atoms with Crippen molar-refractivity contribution in [2.75, 3.05) is 33.4 Å². The van der Waals surface area contributed by atoms with Crippen molar-refractivity contribution in [1.29, 1.82) is 0 Å². The molecule has 2 aromatic rings. The van der Waals surface area contributed by atoms with E-state index in [9.17, 15) is 40.3 Å². The molecule has 0 amide bonds. The molecule has 1 saturated heterocycles. The van der Waals surface area contributed by atoms with Gasteiger partial charge in [0.05, 0.1) is 17.2 Å². The fraction of sp³-hybridized carbons (Fsp3) is 0.500. The number of carboxylic acid groups (broad SMARTS) is 1. The summed E-state index contributed by atoms with van der Waals surface area (Å²) in [4.78, 5) is 18.0. The number of hydrogen-bond donors (Lipinski definition) is 1. The van der Waals surface area contributed by atoms with Crippen LogP contribution in [-0.4, -0.2) is 79.6 Å². The predicted molar refractivity (Wildman–Crippen MR) is 124 cm³/mol. The smallest absolute Gasteiger partial charge is 0.453 e. The van der Waals surface area contributed by atoms with Crippen LogP contribution in [0.15, 0.2) is 47.5 Å². The van der Waals surface area contributed by atoms with E-state index in [0.717, 1.165) is 0 Å². The Hall–Kier alpha value is -2.64. The van der Waals surface area contributed by atoms with Gasteiger partial charge in [0.1, 0.15) is 0 Å². The van der Waals surface area contributed by atoms with Gasteiger partial charge in [0.25, 0.3) is 0 Å². The Morgan fingerprint density at radius 3 is 2.19 bits per heavy atom. The summed E-state index contributed by atoms with van der Waals surface area (Å²) in [5.41, 5.74) is 0.992. The zero-order valence-electron chi connectivity index (χ0n) is 20.0. The first-order valence-electron chi connectivity index (χ1n) is 11.4. The molecule has 0 atom stereocenters. The molecule has 13 heteroatoms. The number of ether oxygens (including phenoxy) is 1.